The molecule has 14 heavy (non-hydrogen) atoms. The fourth-order valence-electron chi connectivity index (χ4n) is 1.30. The Labute approximate surface area is 80.1 Å². The largest absolute Gasteiger partial charge is 0.496 e. The smallest absolute Gasteiger partial charge is 0.389 e. The lowest BCUT2D eigenvalue weighted by Crippen LogP contribution is -2.37. The zero-order valence-electron chi connectivity index (χ0n) is 7.60. The van der Waals surface area contributed by atoms with E-state index in [2.05, 4.69) is 5.43 Å². The summed E-state index contributed by atoms with van der Waals surface area (Å²) in [5, 5.41) is 0. The maximum absolute atomic E-state index is 11.9. The van der Waals surface area contributed by atoms with E-state index in [4.69, 9.17) is 10.6 Å². The number of nitrogens with two attached hydrogens (primary N) is 1. The van der Waals surface area contributed by atoms with E-state index in [1.54, 1.807) is 6.08 Å². The second-order valence-electron chi connectivity index (χ2n) is 3.12. The molecule has 1 aliphatic rings. The number of hydrogen-bond donors (Lipinski definition) is 2. The molecular formula is C8H13F3N2O. The van der Waals surface area contributed by atoms with Gasteiger partial charge in [0, 0.05) is 12.8 Å². The van der Waals surface area contributed by atoms with Crippen molar-refractivity contribution in [1.82, 2.24) is 5.43 Å². The van der Waals surface area contributed by atoms with Crippen molar-refractivity contribution in [2.45, 2.75) is 31.5 Å². The third-order valence-electron chi connectivity index (χ3n) is 1.99. The third kappa shape index (κ3) is 3.55. The van der Waals surface area contributed by atoms with Crippen LogP contribution >= 0.6 is 0 Å². The normalized spacial score (nSPS) is 19.0. The number of alkyl halides is 3. The molecule has 1 heterocycles. The maximum atomic E-state index is 11.9. The fourth-order valence-corrected chi connectivity index (χ4v) is 1.30. The van der Waals surface area contributed by atoms with E-state index in [0.717, 1.165) is 6.42 Å². The molecule has 6 heteroatoms. The minimum atomic E-state index is -4.14. The van der Waals surface area contributed by atoms with Gasteiger partial charge in [-0.2, -0.15) is 13.2 Å². The van der Waals surface area contributed by atoms with Gasteiger partial charge in [0.1, 0.15) is 5.76 Å². The molecule has 0 bridgehead atoms. The van der Waals surface area contributed by atoms with Crippen LogP contribution in [0.25, 0.3) is 0 Å². The van der Waals surface area contributed by atoms with Crippen molar-refractivity contribution in [3.8, 4) is 0 Å². The molecule has 0 radical (unpaired) electrons. The molecule has 0 saturated carbocycles. The Morgan fingerprint density at radius 1 is 1.57 bits per heavy atom. The number of hydrogen-bond acceptors (Lipinski definition) is 3. The molecule has 3 nitrogen and oxygen atoms in total. The number of rotatable bonds is 4. The quantitative estimate of drug-likeness (QED) is 0.545. The number of nitrogens with one attached hydrogen (secondary N) is 1. The number of hydrazine groups is 1. The Hall–Kier alpha value is -0.750. The molecule has 1 atom stereocenters. The lowest BCUT2D eigenvalue weighted by Gasteiger charge is -2.17. The summed E-state index contributed by atoms with van der Waals surface area (Å²) in [6, 6.07) is -0.529. The highest BCUT2D eigenvalue weighted by Gasteiger charge is 2.29. The van der Waals surface area contributed by atoms with Crippen LogP contribution in [0.3, 0.4) is 0 Å². The molecule has 0 aromatic heterocycles. The molecule has 0 amide bonds. The van der Waals surface area contributed by atoms with Crippen LogP contribution in [-0.4, -0.2) is 18.8 Å². The van der Waals surface area contributed by atoms with Crippen LogP contribution in [0.5, 0.6) is 0 Å². The minimum absolute atomic E-state index is 0.0914. The Balaban J connectivity index is 2.39. The first kappa shape index (κ1) is 11.3. The van der Waals surface area contributed by atoms with E-state index < -0.39 is 18.6 Å². The van der Waals surface area contributed by atoms with Crippen molar-refractivity contribution in [2.75, 3.05) is 6.61 Å². The van der Waals surface area contributed by atoms with Crippen molar-refractivity contribution in [3.05, 3.63) is 11.8 Å². The first-order chi connectivity index (χ1) is 6.53. The Morgan fingerprint density at radius 2 is 2.29 bits per heavy atom. The predicted molar refractivity (Wildman–Crippen MR) is 45.1 cm³/mol. The topological polar surface area (TPSA) is 47.3 Å². The number of ether oxygens (including phenoxy) is 1. The van der Waals surface area contributed by atoms with E-state index >= 15 is 0 Å². The molecule has 0 aromatic carbocycles. The van der Waals surface area contributed by atoms with E-state index in [1.165, 1.54) is 0 Å². The van der Waals surface area contributed by atoms with Crippen molar-refractivity contribution in [1.29, 1.82) is 0 Å². The molecule has 3 N–H and O–H groups in total. The first-order valence-electron chi connectivity index (χ1n) is 4.38. The van der Waals surface area contributed by atoms with Crippen molar-refractivity contribution in [2.24, 2.45) is 5.84 Å². The summed E-state index contributed by atoms with van der Waals surface area (Å²) in [5.74, 6) is 5.67. The second-order valence-corrected chi connectivity index (χ2v) is 3.12. The minimum Gasteiger partial charge on any atom is -0.496 e. The van der Waals surface area contributed by atoms with Gasteiger partial charge in [-0.1, -0.05) is 0 Å². The molecule has 1 rings (SSSR count). The summed E-state index contributed by atoms with van der Waals surface area (Å²) in [5.41, 5.74) is 2.32. The van der Waals surface area contributed by atoms with Crippen LogP contribution < -0.4 is 11.3 Å². The average Bonchev–Trinajstić information content (AvgIpc) is 2.56. The molecule has 0 aliphatic carbocycles. The summed E-state index contributed by atoms with van der Waals surface area (Å²) in [7, 11) is 0. The first-order valence-corrected chi connectivity index (χ1v) is 4.38. The summed E-state index contributed by atoms with van der Waals surface area (Å²) >= 11 is 0. The van der Waals surface area contributed by atoms with Crippen molar-refractivity contribution in [3.63, 3.8) is 0 Å². The van der Waals surface area contributed by atoms with Gasteiger partial charge >= 0.3 is 6.18 Å². The summed E-state index contributed by atoms with van der Waals surface area (Å²) < 4.78 is 40.9. The average molecular weight is 210 g/mol. The molecule has 0 saturated heterocycles. The SMILES string of the molecule is NNC(CCC(F)(F)F)C1=CCCO1. The van der Waals surface area contributed by atoms with Gasteiger partial charge in [0.25, 0.3) is 0 Å². The Morgan fingerprint density at radius 3 is 2.71 bits per heavy atom. The van der Waals surface area contributed by atoms with Gasteiger partial charge in [0.15, 0.2) is 0 Å². The number of halogens is 3. The highest BCUT2D eigenvalue weighted by atomic mass is 19.4. The van der Waals surface area contributed by atoms with Gasteiger partial charge in [-0.3, -0.25) is 5.84 Å². The third-order valence-corrected chi connectivity index (χ3v) is 1.99. The van der Waals surface area contributed by atoms with Gasteiger partial charge in [0.2, 0.25) is 0 Å². The predicted octanol–water partition coefficient (Wildman–Crippen LogP) is 1.46. The molecule has 1 unspecified atom stereocenters. The molecule has 82 valence electrons. The van der Waals surface area contributed by atoms with E-state index in [-0.39, 0.29) is 6.42 Å². The van der Waals surface area contributed by atoms with Gasteiger partial charge in [-0.15, -0.1) is 0 Å². The zero-order valence-corrected chi connectivity index (χ0v) is 7.60. The van der Waals surface area contributed by atoms with Gasteiger partial charge in [-0.25, -0.2) is 5.43 Å². The van der Waals surface area contributed by atoms with Gasteiger partial charge in [0.05, 0.1) is 12.6 Å². The van der Waals surface area contributed by atoms with E-state index in [9.17, 15) is 13.2 Å². The molecule has 0 aromatic rings. The van der Waals surface area contributed by atoms with Crippen LogP contribution in [0.15, 0.2) is 11.8 Å². The summed E-state index contributed by atoms with van der Waals surface area (Å²) in [4.78, 5) is 0. The van der Waals surface area contributed by atoms with Gasteiger partial charge in [-0.05, 0) is 12.5 Å². The standard InChI is InChI=1S/C8H13F3N2O/c9-8(10,11)4-3-6(13-12)7-2-1-5-14-7/h2,6,13H,1,3-5,12H2. The molecule has 0 spiro atoms. The van der Waals surface area contributed by atoms with Crippen molar-refractivity contribution < 1.29 is 17.9 Å². The van der Waals surface area contributed by atoms with Crippen molar-refractivity contribution >= 4 is 0 Å². The molecule has 0 fully saturated rings. The van der Waals surface area contributed by atoms with Crippen LogP contribution in [0, 0.1) is 0 Å². The van der Waals surface area contributed by atoms with E-state index in [1.807, 2.05) is 0 Å². The Bertz CT molecular complexity index is 215. The fraction of sp³-hybridized carbons (Fsp3) is 0.750. The summed E-state index contributed by atoms with van der Waals surface area (Å²) in [6.45, 7) is 0.527. The Kier molecular flexibility index (Phi) is 3.77. The highest BCUT2D eigenvalue weighted by molar-refractivity contribution is 5.06. The lowest BCUT2D eigenvalue weighted by molar-refractivity contribution is -0.136. The second kappa shape index (κ2) is 4.65. The lowest BCUT2D eigenvalue weighted by atomic mass is 10.1. The highest BCUT2D eigenvalue weighted by Crippen LogP contribution is 2.25. The summed E-state index contributed by atoms with van der Waals surface area (Å²) in [6.07, 6.45) is -2.59. The maximum Gasteiger partial charge on any atom is 0.389 e. The van der Waals surface area contributed by atoms with Gasteiger partial charge < -0.3 is 4.74 Å². The van der Waals surface area contributed by atoms with Crippen LogP contribution in [-0.2, 0) is 4.74 Å². The van der Waals surface area contributed by atoms with E-state index in [0.29, 0.717) is 12.4 Å². The van der Waals surface area contributed by atoms with Crippen LogP contribution in [0.2, 0.25) is 0 Å². The molecule has 1 aliphatic heterocycles. The monoisotopic (exact) mass is 210 g/mol. The molecular weight excluding hydrogens is 197 g/mol. The van der Waals surface area contributed by atoms with Crippen LogP contribution in [0.4, 0.5) is 13.2 Å². The van der Waals surface area contributed by atoms with Crippen LogP contribution in [0.1, 0.15) is 19.3 Å². The zero-order chi connectivity index (χ0) is 10.6.